The third kappa shape index (κ3) is 3.33. The molecule has 0 N–H and O–H groups in total. The zero-order valence-electron chi connectivity index (χ0n) is 14.9. The van der Waals surface area contributed by atoms with E-state index < -0.39 is 4.92 Å². The van der Waals surface area contributed by atoms with Crippen LogP contribution in [0, 0.1) is 10.1 Å². The fourth-order valence-electron chi connectivity index (χ4n) is 2.80. The lowest BCUT2D eigenvalue weighted by molar-refractivity contribution is -0.385. The first kappa shape index (κ1) is 17.4. The van der Waals surface area contributed by atoms with Crippen LogP contribution in [0.5, 0.6) is 17.4 Å². The number of nitro benzene ring substituents is 1. The first-order valence-corrected chi connectivity index (χ1v) is 8.48. The minimum absolute atomic E-state index is 0.0775. The van der Waals surface area contributed by atoms with Crippen LogP contribution in [0.15, 0.2) is 72.8 Å². The molecule has 7 heteroatoms. The highest BCUT2D eigenvalue weighted by atomic mass is 16.6. The summed E-state index contributed by atoms with van der Waals surface area (Å²) in [5.74, 6) is 1.17. The second-order valence-electron chi connectivity index (χ2n) is 5.93. The van der Waals surface area contributed by atoms with Crippen LogP contribution in [0.4, 0.5) is 5.69 Å². The summed E-state index contributed by atoms with van der Waals surface area (Å²) < 4.78 is 11.0. The SMILES string of the molecule is COc1ccc(Oc2nc(-c3ccccc3)nc3ccccc23)c([N+](=O)[O-])c1. The number of hydrogen-bond donors (Lipinski definition) is 0. The molecule has 0 bridgehead atoms. The molecule has 0 atom stereocenters. The van der Waals surface area contributed by atoms with Gasteiger partial charge in [-0.1, -0.05) is 42.5 Å². The van der Waals surface area contributed by atoms with Gasteiger partial charge in [-0.25, -0.2) is 4.98 Å². The Kier molecular flexibility index (Phi) is 4.55. The van der Waals surface area contributed by atoms with Gasteiger partial charge in [0.25, 0.3) is 0 Å². The van der Waals surface area contributed by atoms with E-state index in [9.17, 15) is 10.1 Å². The predicted molar refractivity (Wildman–Crippen MR) is 105 cm³/mol. The van der Waals surface area contributed by atoms with E-state index in [0.717, 1.165) is 5.56 Å². The molecule has 4 rings (SSSR count). The van der Waals surface area contributed by atoms with E-state index in [1.807, 2.05) is 54.6 Å². The van der Waals surface area contributed by atoms with Crippen molar-refractivity contribution in [3.8, 4) is 28.8 Å². The maximum atomic E-state index is 11.5. The summed E-state index contributed by atoms with van der Waals surface area (Å²) in [4.78, 5) is 20.1. The van der Waals surface area contributed by atoms with Gasteiger partial charge in [-0.05, 0) is 24.3 Å². The molecule has 1 aromatic heterocycles. The number of para-hydroxylation sites is 1. The predicted octanol–water partition coefficient (Wildman–Crippen LogP) is 5.01. The molecule has 0 aliphatic rings. The first-order chi connectivity index (χ1) is 13.7. The molecule has 0 aliphatic carbocycles. The zero-order chi connectivity index (χ0) is 19.5. The molecule has 4 aromatic rings. The Hall–Kier alpha value is -4.00. The van der Waals surface area contributed by atoms with Crippen molar-refractivity contribution in [2.24, 2.45) is 0 Å². The van der Waals surface area contributed by atoms with E-state index in [2.05, 4.69) is 9.97 Å². The van der Waals surface area contributed by atoms with Gasteiger partial charge in [-0.2, -0.15) is 4.98 Å². The van der Waals surface area contributed by atoms with Crippen molar-refractivity contribution in [3.63, 3.8) is 0 Å². The first-order valence-electron chi connectivity index (χ1n) is 8.48. The van der Waals surface area contributed by atoms with Crippen molar-refractivity contribution >= 4 is 16.6 Å². The van der Waals surface area contributed by atoms with E-state index >= 15 is 0 Å². The van der Waals surface area contributed by atoms with Gasteiger partial charge in [-0.15, -0.1) is 0 Å². The van der Waals surface area contributed by atoms with Gasteiger partial charge in [0.05, 0.1) is 29.0 Å². The molecule has 0 amide bonds. The Morgan fingerprint density at radius 1 is 0.929 bits per heavy atom. The Bertz CT molecular complexity index is 1160. The number of methoxy groups -OCH3 is 1. The highest BCUT2D eigenvalue weighted by Gasteiger charge is 2.20. The number of rotatable bonds is 5. The highest BCUT2D eigenvalue weighted by Crippen LogP contribution is 2.36. The fourth-order valence-corrected chi connectivity index (χ4v) is 2.80. The summed E-state index contributed by atoms with van der Waals surface area (Å²) in [5, 5.41) is 12.1. The summed E-state index contributed by atoms with van der Waals surface area (Å²) in [5.41, 5.74) is 1.30. The number of nitrogens with zero attached hydrogens (tertiary/aromatic N) is 3. The monoisotopic (exact) mass is 373 g/mol. The number of aromatic nitrogens is 2. The standard InChI is InChI=1S/C21H15N3O4/c1-27-15-11-12-19(18(13-15)24(25)26)28-21-16-9-5-6-10-17(16)22-20(23-21)14-7-3-2-4-8-14/h2-13H,1H3. The molecule has 0 unspecified atom stereocenters. The lowest BCUT2D eigenvalue weighted by Crippen LogP contribution is -1.99. The van der Waals surface area contributed by atoms with E-state index in [1.54, 1.807) is 6.07 Å². The summed E-state index contributed by atoms with van der Waals surface area (Å²) >= 11 is 0. The van der Waals surface area contributed by atoms with Crippen LogP contribution in [0.25, 0.3) is 22.3 Å². The topological polar surface area (TPSA) is 87.4 Å². The molecule has 1 heterocycles. The minimum atomic E-state index is -0.515. The molecule has 28 heavy (non-hydrogen) atoms. The van der Waals surface area contributed by atoms with Crippen molar-refractivity contribution in [2.45, 2.75) is 0 Å². The number of hydrogen-bond acceptors (Lipinski definition) is 6. The van der Waals surface area contributed by atoms with Gasteiger partial charge in [0, 0.05) is 5.56 Å². The lowest BCUT2D eigenvalue weighted by Gasteiger charge is -2.11. The van der Waals surface area contributed by atoms with E-state index in [4.69, 9.17) is 9.47 Å². The van der Waals surface area contributed by atoms with E-state index in [-0.39, 0.29) is 17.3 Å². The summed E-state index contributed by atoms with van der Waals surface area (Å²) in [7, 11) is 1.45. The molecule has 7 nitrogen and oxygen atoms in total. The Morgan fingerprint density at radius 2 is 1.68 bits per heavy atom. The van der Waals surface area contributed by atoms with Crippen molar-refractivity contribution in [2.75, 3.05) is 7.11 Å². The second kappa shape index (κ2) is 7.32. The van der Waals surface area contributed by atoms with Crippen LogP contribution in [-0.4, -0.2) is 22.0 Å². The van der Waals surface area contributed by atoms with Crippen molar-refractivity contribution in [1.29, 1.82) is 0 Å². The summed E-state index contributed by atoms with van der Waals surface area (Å²) in [6.45, 7) is 0. The lowest BCUT2D eigenvalue weighted by atomic mass is 10.2. The van der Waals surface area contributed by atoms with Crippen LogP contribution < -0.4 is 9.47 Å². The molecular formula is C21H15N3O4. The van der Waals surface area contributed by atoms with Crippen molar-refractivity contribution in [3.05, 3.63) is 82.9 Å². The maximum Gasteiger partial charge on any atom is 0.315 e. The van der Waals surface area contributed by atoms with Gasteiger partial charge in [0.2, 0.25) is 11.6 Å². The minimum Gasteiger partial charge on any atom is -0.496 e. The molecule has 0 spiro atoms. The fraction of sp³-hybridized carbons (Fsp3) is 0.0476. The Labute approximate surface area is 160 Å². The molecule has 3 aromatic carbocycles. The largest absolute Gasteiger partial charge is 0.496 e. The van der Waals surface area contributed by atoms with Crippen LogP contribution >= 0.6 is 0 Å². The molecule has 0 aliphatic heterocycles. The molecule has 0 saturated carbocycles. The average molecular weight is 373 g/mol. The van der Waals surface area contributed by atoms with Gasteiger partial charge in [0.15, 0.2) is 5.82 Å². The van der Waals surface area contributed by atoms with E-state index in [0.29, 0.717) is 22.5 Å². The third-order valence-electron chi connectivity index (χ3n) is 4.17. The van der Waals surface area contributed by atoms with E-state index in [1.165, 1.54) is 19.2 Å². The quantitative estimate of drug-likeness (QED) is 0.361. The number of ether oxygens (including phenoxy) is 2. The van der Waals surface area contributed by atoms with Gasteiger partial charge in [0.1, 0.15) is 5.75 Å². The van der Waals surface area contributed by atoms with Gasteiger partial charge < -0.3 is 9.47 Å². The van der Waals surface area contributed by atoms with Crippen LogP contribution in [-0.2, 0) is 0 Å². The molecule has 0 fully saturated rings. The molecule has 0 saturated heterocycles. The smallest absolute Gasteiger partial charge is 0.315 e. The number of nitro groups is 1. The van der Waals surface area contributed by atoms with Gasteiger partial charge >= 0.3 is 5.69 Å². The van der Waals surface area contributed by atoms with Crippen LogP contribution in [0.3, 0.4) is 0 Å². The number of fused-ring (bicyclic) bond motifs is 1. The normalized spacial score (nSPS) is 10.6. The maximum absolute atomic E-state index is 11.5. The highest BCUT2D eigenvalue weighted by molar-refractivity contribution is 5.85. The summed E-state index contributed by atoms with van der Waals surface area (Å²) in [6.07, 6.45) is 0. The van der Waals surface area contributed by atoms with Crippen molar-refractivity contribution in [1.82, 2.24) is 9.97 Å². The van der Waals surface area contributed by atoms with Crippen molar-refractivity contribution < 1.29 is 14.4 Å². The number of benzene rings is 3. The Balaban J connectivity index is 1.86. The second-order valence-corrected chi connectivity index (χ2v) is 5.93. The summed E-state index contributed by atoms with van der Waals surface area (Å²) in [6, 6.07) is 21.2. The van der Waals surface area contributed by atoms with Gasteiger partial charge in [-0.3, -0.25) is 10.1 Å². The van der Waals surface area contributed by atoms with Crippen LogP contribution in [0.1, 0.15) is 0 Å². The zero-order valence-corrected chi connectivity index (χ0v) is 14.9. The Morgan fingerprint density at radius 3 is 2.43 bits per heavy atom. The third-order valence-corrected chi connectivity index (χ3v) is 4.17. The van der Waals surface area contributed by atoms with Crippen LogP contribution in [0.2, 0.25) is 0 Å². The molecular weight excluding hydrogens is 358 g/mol. The molecule has 138 valence electrons. The molecule has 0 radical (unpaired) electrons. The average Bonchev–Trinajstić information content (AvgIpc) is 2.74.